The Hall–Kier alpha value is -3.16. The Balaban J connectivity index is 1.33. The first-order valence-corrected chi connectivity index (χ1v) is 9.89. The van der Waals surface area contributed by atoms with Gasteiger partial charge in [0.25, 0.3) is 0 Å². The van der Waals surface area contributed by atoms with Crippen LogP contribution < -0.4 is 15.5 Å². The van der Waals surface area contributed by atoms with Gasteiger partial charge in [0.05, 0.1) is 0 Å². The number of fused-ring (bicyclic) bond motifs is 1. The Bertz CT molecular complexity index is 987. The number of nitrogens with zero attached hydrogens (tertiary/aromatic N) is 4. The number of nitrogens with one attached hydrogen (secondary N) is 2. The van der Waals surface area contributed by atoms with E-state index >= 15 is 0 Å². The van der Waals surface area contributed by atoms with Crippen molar-refractivity contribution < 1.29 is 9.21 Å². The summed E-state index contributed by atoms with van der Waals surface area (Å²) >= 11 is 0. The smallest absolute Gasteiger partial charge is 0.319 e. The number of anilines is 2. The van der Waals surface area contributed by atoms with E-state index in [1.165, 1.54) is 0 Å². The van der Waals surface area contributed by atoms with Crippen molar-refractivity contribution in [2.24, 2.45) is 0 Å². The number of hydrogen-bond donors (Lipinski definition) is 2. The van der Waals surface area contributed by atoms with Gasteiger partial charge in [0, 0.05) is 42.6 Å². The molecule has 0 aliphatic carbocycles. The highest BCUT2D eigenvalue weighted by atomic mass is 16.3. The lowest BCUT2D eigenvalue weighted by atomic mass is 9.97. The van der Waals surface area contributed by atoms with E-state index in [0.717, 1.165) is 43.0 Å². The monoisotopic (exact) mass is 394 g/mol. The van der Waals surface area contributed by atoms with Gasteiger partial charge in [0.1, 0.15) is 5.52 Å². The zero-order valence-corrected chi connectivity index (χ0v) is 17.0. The molecule has 3 heterocycles. The molecule has 4 rings (SSSR count). The number of benzene rings is 1. The van der Waals surface area contributed by atoms with Crippen molar-refractivity contribution in [3.63, 3.8) is 0 Å². The number of rotatable bonds is 3. The molecule has 0 unspecified atom stereocenters. The molecule has 8 heteroatoms. The first kappa shape index (κ1) is 19.2. The Labute approximate surface area is 169 Å². The number of piperidine rings is 1. The summed E-state index contributed by atoms with van der Waals surface area (Å²) in [6.45, 7) is 7.80. The maximum Gasteiger partial charge on any atom is 0.319 e. The lowest BCUT2D eigenvalue weighted by Gasteiger charge is -2.32. The molecule has 1 aliphatic heterocycles. The molecule has 29 heavy (non-hydrogen) atoms. The van der Waals surface area contributed by atoms with Crippen LogP contribution in [0.1, 0.15) is 39.5 Å². The molecule has 1 fully saturated rings. The molecule has 0 saturated carbocycles. The van der Waals surface area contributed by atoms with Crippen LogP contribution in [0.25, 0.3) is 11.1 Å². The van der Waals surface area contributed by atoms with Crippen molar-refractivity contribution in [3.05, 3.63) is 42.5 Å². The van der Waals surface area contributed by atoms with Gasteiger partial charge in [0.2, 0.25) is 11.8 Å². The normalized spacial score (nSPS) is 15.5. The third-order valence-electron chi connectivity index (χ3n) is 4.95. The molecule has 8 nitrogen and oxygen atoms in total. The van der Waals surface area contributed by atoms with Crippen LogP contribution in [0, 0.1) is 0 Å². The molecular formula is C21H26N6O2. The molecule has 3 aromatic rings. The summed E-state index contributed by atoms with van der Waals surface area (Å²) in [5.41, 5.74) is 1.99. The molecule has 2 aromatic heterocycles. The van der Waals surface area contributed by atoms with Crippen molar-refractivity contribution in [2.45, 2.75) is 45.1 Å². The predicted molar refractivity (Wildman–Crippen MR) is 112 cm³/mol. The third-order valence-corrected chi connectivity index (χ3v) is 4.95. The Morgan fingerprint density at radius 1 is 1.17 bits per heavy atom. The fourth-order valence-corrected chi connectivity index (χ4v) is 3.36. The number of aromatic nitrogens is 3. The van der Waals surface area contributed by atoms with E-state index in [0.29, 0.717) is 11.6 Å². The minimum absolute atomic E-state index is 0.123. The van der Waals surface area contributed by atoms with Crippen molar-refractivity contribution >= 4 is 28.8 Å². The van der Waals surface area contributed by atoms with Crippen molar-refractivity contribution in [3.8, 4) is 0 Å². The quantitative estimate of drug-likeness (QED) is 0.703. The van der Waals surface area contributed by atoms with Crippen LogP contribution in [0.15, 0.2) is 41.1 Å². The standard InChI is InChI=1S/C21H26N6O2/c1-21(2,3)18-26-16-13-15(5-6-17(16)29-18)25-20(28)24-14-7-11-27(12-8-14)19-22-9-4-10-23-19/h4-6,9-10,13-14H,7-8,11-12H2,1-3H3,(H2,24,25,28). The number of amides is 2. The summed E-state index contributed by atoms with van der Waals surface area (Å²) in [4.78, 5) is 27.7. The van der Waals surface area contributed by atoms with Gasteiger partial charge in [-0.05, 0) is 37.1 Å². The number of hydrogen-bond acceptors (Lipinski definition) is 6. The molecule has 1 aliphatic rings. The van der Waals surface area contributed by atoms with Gasteiger partial charge in [0.15, 0.2) is 5.58 Å². The summed E-state index contributed by atoms with van der Waals surface area (Å²) in [7, 11) is 0. The first-order valence-electron chi connectivity index (χ1n) is 9.89. The molecule has 2 amide bonds. The van der Waals surface area contributed by atoms with Crippen LogP contribution in [0.4, 0.5) is 16.4 Å². The van der Waals surface area contributed by atoms with Gasteiger partial charge in [-0.1, -0.05) is 20.8 Å². The summed E-state index contributed by atoms with van der Waals surface area (Å²) < 4.78 is 5.81. The average Bonchev–Trinajstić information content (AvgIpc) is 3.13. The van der Waals surface area contributed by atoms with E-state index in [2.05, 4.69) is 51.3 Å². The molecule has 2 N–H and O–H groups in total. The summed E-state index contributed by atoms with van der Waals surface area (Å²) in [6, 6.07) is 7.22. The van der Waals surface area contributed by atoms with Crippen molar-refractivity contribution in [1.82, 2.24) is 20.3 Å². The number of carbonyl (C=O) groups is 1. The van der Waals surface area contributed by atoms with Crippen LogP contribution in [0.5, 0.6) is 0 Å². The van der Waals surface area contributed by atoms with Crippen LogP contribution >= 0.6 is 0 Å². The lowest BCUT2D eigenvalue weighted by Crippen LogP contribution is -2.46. The molecule has 0 spiro atoms. The zero-order chi connectivity index (χ0) is 20.4. The number of carbonyl (C=O) groups excluding carboxylic acids is 1. The second kappa shape index (κ2) is 7.69. The van der Waals surface area contributed by atoms with E-state index in [1.807, 2.05) is 24.3 Å². The molecule has 1 saturated heterocycles. The molecule has 0 atom stereocenters. The lowest BCUT2D eigenvalue weighted by molar-refractivity contribution is 0.246. The van der Waals surface area contributed by atoms with Gasteiger partial charge in [-0.3, -0.25) is 0 Å². The molecule has 0 bridgehead atoms. The average molecular weight is 394 g/mol. The van der Waals surface area contributed by atoms with Crippen LogP contribution in [0.3, 0.4) is 0 Å². The van der Waals surface area contributed by atoms with E-state index < -0.39 is 0 Å². The van der Waals surface area contributed by atoms with E-state index in [-0.39, 0.29) is 17.5 Å². The maximum absolute atomic E-state index is 12.4. The van der Waals surface area contributed by atoms with Gasteiger partial charge in [-0.25, -0.2) is 19.7 Å². The predicted octanol–water partition coefficient (Wildman–Crippen LogP) is 3.71. The summed E-state index contributed by atoms with van der Waals surface area (Å²) in [6.07, 6.45) is 5.19. The number of oxazole rings is 1. The Morgan fingerprint density at radius 2 is 1.90 bits per heavy atom. The zero-order valence-electron chi connectivity index (χ0n) is 17.0. The van der Waals surface area contributed by atoms with E-state index in [1.54, 1.807) is 12.4 Å². The highest BCUT2D eigenvalue weighted by Gasteiger charge is 2.23. The third kappa shape index (κ3) is 4.47. The van der Waals surface area contributed by atoms with Crippen molar-refractivity contribution in [1.29, 1.82) is 0 Å². The van der Waals surface area contributed by atoms with Crippen LogP contribution in [0.2, 0.25) is 0 Å². The van der Waals surface area contributed by atoms with Crippen LogP contribution in [-0.2, 0) is 5.41 Å². The Kier molecular flexibility index (Phi) is 5.08. The molecule has 152 valence electrons. The van der Waals surface area contributed by atoms with Crippen molar-refractivity contribution in [2.75, 3.05) is 23.3 Å². The molecular weight excluding hydrogens is 368 g/mol. The topological polar surface area (TPSA) is 96.2 Å². The minimum atomic E-state index is -0.210. The van der Waals surface area contributed by atoms with Gasteiger partial charge >= 0.3 is 6.03 Å². The second-order valence-corrected chi connectivity index (χ2v) is 8.36. The molecule has 0 radical (unpaired) electrons. The highest BCUT2D eigenvalue weighted by Crippen LogP contribution is 2.27. The SMILES string of the molecule is CC(C)(C)c1nc2cc(NC(=O)NC3CCN(c4ncccn4)CC3)ccc2o1. The highest BCUT2D eigenvalue weighted by molar-refractivity contribution is 5.91. The Morgan fingerprint density at radius 3 is 2.59 bits per heavy atom. The molecule has 1 aromatic carbocycles. The van der Waals surface area contributed by atoms with Gasteiger partial charge in [-0.15, -0.1) is 0 Å². The second-order valence-electron chi connectivity index (χ2n) is 8.36. The van der Waals surface area contributed by atoms with Gasteiger partial charge in [-0.2, -0.15) is 0 Å². The first-order chi connectivity index (χ1) is 13.9. The fourth-order valence-electron chi connectivity index (χ4n) is 3.36. The van der Waals surface area contributed by atoms with E-state index in [4.69, 9.17) is 4.42 Å². The number of urea groups is 1. The minimum Gasteiger partial charge on any atom is -0.440 e. The fraction of sp³-hybridized carbons (Fsp3) is 0.429. The summed E-state index contributed by atoms with van der Waals surface area (Å²) in [5, 5.41) is 5.96. The van der Waals surface area contributed by atoms with E-state index in [9.17, 15) is 4.79 Å². The van der Waals surface area contributed by atoms with Gasteiger partial charge < -0.3 is 20.0 Å². The van der Waals surface area contributed by atoms with Crippen LogP contribution in [-0.4, -0.2) is 40.1 Å². The maximum atomic E-state index is 12.4. The summed E-state index contributed by atoms with van der Waals surface area (Å²) in [5.74, 6) is 1.43. The largest absolute Gasteiger partial charge is 0.440 e.